The van der Waals surface area contributed by atoms with Crippen LogP contribution in [0.2, 0.25) is 5.02 Å². The molecule has 1 fully saturated rings. The highest BCUT2D eigenvalue weighted by Crippen LogP contribution is 2.48. The summed E-state index contributed by atoms with van der Waals surface area (Å²) in [6.07, 6.45) is 6.87. The average molecular weight is 573 g/mol. The molecule has 2 aliphatic carbocycles. The van der Waals surface area contributed by atoms with Crippen LogP contribution in [0.15, 0.2) is 45.2 Å². The first-order chi connectivity index (χ1) is 18.4. The van der Waals surface area contributed by atoms with Crippen LogP contribution in [-0.4, -0.2) is 33.7 Å². The largest absolute Gasteiger partial charge is 0.384 e. The smallest absolute Gasteiger partial charge is 0.230 e. The van der Waals surface area contributed by atoms with Gasteiger partial charge >= 0.3 is 0 Å². The summed E-state index contributed by atoms with van der Waals surface area (Å²) in [5.41, 5.74) is 7.50. The molecule has 8 nitrogen and oxygen atoms in total. The van der Waals surface area contributed by atoms with Crippen molar-refractivity contribution in [3.8, 4) is 6.07 Å². The molecule has 1 amide bonds. The fourth-order valence-electron chi connectivity index (χ4n) is 5.37. The molecule has 1 saturated carbocycles. The van der Waals surface area contributed by atoms with Crippen molar-refractivity contribution >= 4 is 51.5 Å². The highest BCUT2D eigenvalue weighted by atomic mass is 35.5. The summed E-state index contributed by atoms with van der Waals surface area (Å²) in [6, 6.07) is 6.59. The second-order valence-corrected chi connectivity index (χ2v) is 12.1. The third-order valence-corrected chi connectivity index (χ3v) is 9.46. The van der Waals surface area contributed by atoms with Gasteiger partial charge in [-0.1, -0.05) is 60.0 Å². The zero-order valence-corrected chi connectivity index (χ0v) is 22.9. The average Bonchev–Trinajstić information content (AvgIpc) is 3.36. The number of rotatable bonds is 6. The molecule has 2 heterocycles. The van der Waals surface area contributed by atoms with E-state index in [-0.39, 0.29) is 51.9 Å². The Hall–Kier alpha value is -2.94. The zero-order chi connectivity index (χ0) is 26.8. The maximum atomic E-state index is 15.0. The Balaban J connectivity index is 1.44. The highest BCUT2D eigenvalue weighted by molar-refractivity contribution is 8.01. The minimum Gasteiger partial charge on any atom is -0.384 e. The third-order valence-electron chi connectivity index (χ3n) is 7.09. The summed E-state index contributed by atoms with van der Waals surface area (Å²) in [5.74, 6) is -1.57. The van der Waals surface area contributed by atoms with Gasteiger partial charge in [0, 0.05) is 34.3 Å². The quantitative estimate of drug-likeness (QED) is 0.454. The van der Waals surface area contributed by atoms with E-state index in [1.807, 2.05) is 0 Å². The van der Waals surface area contributed by atoms with Crippen LogP contribution < -0.4 is 16.0 Å². The summed E-state index contributed by atoms with van der Waals surface area (Å²) in [5, 5.41) is 22.2. The van der Waals surface area contributed by atoms with E-state index in [1.54, 1.807) is 4.90 Å². The molecule has 38 heavy (non-hydrogen) atoms. The first-order valence-electron chi connectivity index (χ1n) is 12.5. The molecule has 12 heteroatoms. The maximum absolute atomic E-state index is 15.0. The standard InChI is InChI=1S/C26H26ClFN6O2S2/c27-16-8-4-9-17(28)22(16)21-15(12-29)24(30)34(18-10-5-11-19(35)23(18)21)25-32-33-26(38-25)37-13-20(36)31-14-6-2-1-3-7-14/h4,8-9,14,21H,1-3,5-7,10-11,13,30H2,(H,31,36). The summed E-state index contributed by atoms with van der Waals surface area (Å²) >= 11 is 8.87. The Bertz CT molecular complexity index is 1360. The van der Waals surface area contributed by atoms with Crippen molar-refractivity contribution in [2.45, 2.75) is 67.7 Å². The lowest BCUT2D eigenvalue weighted by molar-refractivity contribution is -0.119. The van der Waals surface area contributed by atoms with Gasteiger partial charge < -0.3 is 11.1 Å². The van der Waals surface area contributed by atoms with Gasteiger partial charge in [-0.3, -0.25) is 14.5 Å². The Morgan fingerprint density at radius 3 is 2.79 bits per heavy atom. The first kappa shape index (κ1) is 26.7. The Morgan fingerprint density at radius 1 is 1.26 bits per heavy atom. The minimum atomic E-state index is -1.00. The number of nitrogens with one attached hydrogen (secondary N) is 1. The minimum absolute atomic E-state index is 0.0299. The van der Waals surface area contributed by atoms with Gasteiger partial charge in [0.05, 0.1) is 23.3 Å². The number of ketones is 1. The van der Waals surface area contributed by atoms with E-state index < -0.39 is 11.7 Å². The molecule has 2 aromatic rings. The van der Waals surface area contributed by atoms with Gasteiger partial charge in [0.25, 0.3) is 0 Å². The predicted octanol–water partition coefficient (Wildman–Crippen LogP) is 5.18. The number of nitriles is 1. The molecule has 1 unspecified atom stereocenters. The van der Waals surface area contributed by atoms with E-state index in [4.69, 9.17) is 17.3 Å². The predicted molar refractivity (Wildman–Crippen MR) is 145 cm³/mol. The number of Topliss-reactive ketones (excluding diaryl/α,β-unsaturated/α-hetero) is 1. The van der Waals surface area contributed by atoms with Crippen molar-refractivity contribution in [3.63, 3.8) is 0 Å². The number of nitrogens with zero attached hydrogens (tertiary/aromatic N) is 4. The van der Waals surface area contributed by atoms with Crippen LogP contribution in [-0.2, 0) is 9.59 Å². The summed E-state index contributed by atoms with van der Waals surface area (Å²) < 4.78 is 15.6. The van der Waals surface area contributed by atoms with Gasteiger partial charge in [-0.05, 0) is 37.8 Å². The van der Waals surface area contributed by atoms with Gasteiger partial charge in [0.2, 0.25) is 11.0 Å². The number of allylic oxidation sites excluding steroid dienone is 3. The molecular formula is C26H26ClFN6O2S2. The number of nitrogens with two attached hydrogens (primary N) is 1. The lowest BCUT2D eigenvalue weighted by Gasteiger charge is -2.38. The molecule has 1 aromatic carbocycles. The van der Waals surface area contributed by atoms with Crippen LogP contribution >= 0.6 is 34.7 Å². The normalized spacial score (nSPS) is 20.4. The third kappa shape index (κ3) is 5.17. The number of carbonyl (C=O) groups is 2. The fraction of sp³-hybridized carbons (Fsp3) is 0.423. The van der Waals surface area contributed by atoms with Gasteiger partial charge in [-0.2, -0.15) is 5.26 Å². The first-order valence-corrected chi connectivity index (χ1v) is 14.7. The number of carbonyl (C=O) groups excluding carboxylic acids is 2. The second-order valence-electron chi connectivity index (χ2n) is 9.49. The number of thioether (sulfide) groups is 1. The van der Waals surface area contributed by atoms with Gasteiger partial charge in [-0.15, -0.1) is 10.2 Å². The number of hydrogen-bond acceptors (Lipinski definition) is 9. The van der Waals surface area contributed by atoms with Gasteiger partial charge in [-0.25, -0.2) is 4.39 Å². The van der Waals surface area contributed by atoms with Crippen molar-refractivity contribution < 1.29 is 14.0 Å². The molecule has 5 rings (SSSR count). The molecular weight excluding hydrogens is 547 g/mol. The molecule has 0 radical (unpaired) electrons. The topological polar surface area (TPSA) is 125 Å². The molecule has 0 saturated heterocycles. The van der Waals surface area contributed by atoms with Crippen LogP contribution in [0.3, 0.4) is 0 Å². The van der Waals surface area contributed by atoms with Crippen LogP contribution in [0.4, 0.5) is 9.52 Å². The molecule has 3 N–H and O–H groups in total. The lowest BCUT2D eigenvalue weighted by atomic mass is 9.75. The SMILES string of the molecule is N#CC1=C(N)N(c2nnc(SCC(=O)NC3CCCCC3)s2)C2=C(C(=O)CCC2)C1c1c(F)cccc1Cl. The molecule has 0 spiro atoms. The van der Waals surface area contributed by atoms with Gasteiger partial charge in [0.1, 0.15) is 11.6 Å². The van der Waals surface area contributed by atoms with E-state index in [2.05, 4.69) is 21.6 Å². The number of amides is 1. The van der Waals surface area contributed by atoms with Crippen LogP contribution in [0.1, 0.15) is 62.8 Å². The van der Waals surface area contributed by atoms with Crippen LogP contribution in [0.25, 0.3) is 0 Å². The number of halogens is 2. The Labute approximate surface area is 233 Å². The highest BCUT2D eigenvalue weighted by Gasteiger charge is 2.43. The van der Waals surface area contributed by atoms with Gasteiger partial charge in [0.15, 0.2) is 10.1 Å². The summed E-state index contributed by atoms with van der Waals surface area (Å²) in [6.45, 7) is 0. The van der Waals surface area contributed by atoms with Crippen molar-refractivity contribution in [3.05, 3.63) is 57.3 Å². The number of aromatic nitrogens is 2. The Kier molecular flexibility index (Phi) is 8.02. The van der Waals surface area contributed by atoms with E-state index in [0.717, 1.165) is 25.7 Å². The van der Waals surface area contributed by atoms with Crippen LogP contribution in [0.5, 0.6) is 0 Å². The van der Waals surface area contributed by atoms with Crippen molar-refractivity contribution in [1.29, 1.82) is 5.26 Å². The molecule has 198 valence electrons. The van der Waals surface area contributed by atoms with Crippen LogP contribution in [0, 0.1) is 17.1 Å². The van der Waals surface area contributed by atoms with E-state index in [9.17, 15) is 14.9 Å². The van der Waals surface area contributed by atoms with Crippen molar-refractivity contribution in [1.82, 2.24) is 15.5 Å². The number of benzene rings is 1. The Morgan fingerprint density at radius 2 is 2.05 bits per heavy atom. The molecule has 1 aliphatic heterocycles. The molecule has 3 aliphatic rings. The summed E-state index contributed by atoms with van der Waals surface area (Å²) in [7, 11) is 0. The van der Waals surface area contributed by atoms with E-state index in [0.29, 0.717) is 33.6 Å². The van der Waals surface area contributed by atoms with Crippen molar-refractivity contribution in [2.75, 3.05) is 10.7 Å². The number of anilines is 1. The fourth-order valence-corrected chi connectivity index (χ4v) is 7.34. The molecule has 0 bridgehead atoms. The maximum Gasteiger partial charge on any atom is 0.230 e. The van der Waals surface area contributed by atoms with E-state index >= 15 is 4.39 Å². The zero-order valence-electron chi connectivity index (χ0n) is 20.5. The number of hydrogen-bond donors (Lipinski definition) is 2. The van der Waals surface area contributed by atoms with E-state index in [1.165, 1.54) is 47.7 Å². The lowest BCUT2D eigenvalue weighted by Crippen LogP contribution is -2.39. The summed E-state index contributed by atoms with van der Waals surface area (Å²) in [4.78, 5) is 27.2. The second kappa shape index (κ2) is 11.4. The molecule has 1 aromatic heterocycles. The van der Waals surface area contributed by atoms with Crippen molar-refractivity contribution in [2.24, 2.45) is 5.73 Å². The monoisotopic (exact) mass is 572 g/mol. The molecule has 1 atom stereocenters.